The molecule has 0 atom stereocenters. The normalized spacial score (nSPS) is 14.3. The van der Waals surface area contributed by atoms with Crippen LogP contribution < -0.4 is 9.88 Å². The van der Waals surface area contributed by atoms with E-state index < -0.39 is 0 Å². The van der Waals surface area contributed by atoms with Gasteiger partial charge in [0.05, 0.1) is 25.1 Å². The number of esters is 1. The Balaban J connectivity index is 1.40. The number of hydrogen-bond acceptors (Lipinski definition) is 4. The van der Waals surface area contributed by atoms with Crippen LogP contribution >= 0.6 is 11.3 Å². The number of aryl methyl sites for hydroxylation is 2. The highest BCUT2D eigenvalue weighted by Crippen LogP contribution is 2.39. The minimum absolute atomic E-state index is 0.115. The zero-order valence-electron chi connectivity index (χ0n) is 18.6. The van der Waals surface area contributed by atoms with Crippen molar-refractivity contribution in [1.82, 2.24) is 4.57 Å². The van der Waals surface area contributed by atoms with Gasteiger partial charge in [0.1, 0.15) is 11.2 Å². The summed E-state index contributed by atoms with van der Waals surface area (Å²) in [6.07, 6.45) is 7.01. The number of hydrogen-bond donors (Lipinski definition) is 1. The summed E-state index contributed by atoms with van der Waals surface area (Å²) in [5, 5.41) is 3.66. The molecule has 0 unspecified atom stereocenters. The molecule has 3 heterocycles. The number of imidazole rings is 1. The van der Waals surface area contributed by atoms with Gasteiger partial charge < -0.3 is 10.1 Å². The van der Waals surface area contributed by atoms with E-state index in [9.17, 15) is 9.59 Å². The number of fused-ring (bicyclic) bond motifs is 2. The molecular weight excluding hydrogens is 422 g/mol. The van der Waals surface area contributed by atoms with Gasteiger partial charge in [-0.3, -0.25) is 4.79 Å². The lowest BCUT2D eigenvalue weighted by atomic mass is 10.1. The first-order chi connectivity index (χ1) is 15.5. The predicted molar refractivity (Wildman–Crippen MR) is 124 cm³/mol. The Morgan fingerprint density at radius 1 is 1.16 bits per heavy atom. The molecular formula is C25H28N3O3S+. The minimum Gasteiger partial charge on any atom is -0.462 e. The SMILES string of the molecule is CCOC(=O)c1c(NC(=O)C[n+]2cc(-c3ccc(C)cc3)n3c2CCC3)sc2c1CCC2. The van der Waals surface area contributed by atoms with E-state index in [1.54, 1.807) is 6.92 Å². The van der Waals surface area contributed by atoms with Crippen molar-refractivity contribution in [2.45, 2.75) is 59.0 Å². The summed E-state index contributed by atoms with van der Waals surface area (Å²) in [4.78, 5) is 26.8. The van der Waals surface area contributed by atoms with Crippen LogP contribution in [0.25, 0.3) is 11.3 Å². The molecule has 5 rings (SSSR count). The van der Waals surface area contributed by atoms with Crippen LogP contribution in [0.2, 0.25) is 0 Å². The molecule has 3 aromatic rings. The highest BCUT2D eigenvalue weighted by molar-refractivity contribution is 7.17. The van der Waals surface area contributed by atoms with Gasteiger partial charge in [0.15, 0.2) is 12.2 Å². The Morgan fingerprint density at radius 3 is 2.75 bits per heavy atom. The maximum absolute atomic E-state index is 13.0. The van der Waals surface area contributed by atoms with E-state index in [1.807, 2.05) is 0 Å². The smallest absolute Gasteiger partial charge is 0.341 e. The number of nitrogens with one attached hydrogen (secondary N) is 1. The third-order valence-corrected chi connectivity index (χ3v) is 7.52. The Kier molecular flexibility index (Phi) is 5.59. The number of anilines is 1. The van der Waals surface area contributed by atoms with E-state index in [0.717, 1.165) is 55.5 Å². The first kappa shape index (κ1) is 20.9. The van der Waals surface area contributed by atoms with Gasteiger partial charge in [0, 0.05) is 10.4 Å². The number of carbonyl (C=O) groups excluding carboxylic acids is 2. The molecule has 0 saturated carbocycles. The van der Waals surface area contributed by atoms with Crippen LogP contribution in [0.4, 0.5) is 5.00 Å². The predicted octanol–water partition coefficient (Wildman–Crippen LogP) is 4.06. The highest BCUT2D eigenvalue weighted by Gasteiger charge is 2.31. The van der Waals surface area contributed by atoms with Crippen LogP contribution in [-0.2, 0) is 41.9 Å². The number of aromatic nitrogens is 2. The molecule has 1 aliphatic heterocycles. The summed E-state index contributed by atoms with van der Waals surface area (Å²) in [5.41, 5.74) is 5.16. The third kappa shape index (κ3) is 3.75. The number of carbonyl (C=O) groups is 2. The van der Waals surface area contributed by atoms with Crippen molar-refractivity contribution in [3.05, 3.63) is 57.9 Å². The van der Waals surface area contributed by atoms with Gasteiger partial charge in [-0.15, -0.1) is 11.3 Å². The zero-order chi connectivity index (χ0) is 22.2. The quantitative estimate of drug-likeness (QED) is 0.455. The molecule has 6 nitrogen and oxygen atoms in total. The maximum Gasteiger partial charge on any atom is 0.341 e. The fourth-order valence-electron chi connectivity index (χ4n) is 4.83. The molecule has 0 bridgehead atoms. The first-order valence-corrected chi connectivity index (χ1v) is 12.2. The highest BCUT2D eigenvalue weighted by atomic mass is 32.1. The lowest BCUT2D eigenvalue weighted by Gasteiger charge is -2.07. The summed E-state index contributed by atoms with van der Waals surface area (Å²) in [6, 6.07) is 8.52. The van der Waals surface area contributed by atoms with Gasteiger partial charge in [-0.1, -0.05) is 29.8 Å². The lowest BCUT2D eigenvalue weighted by Crippen LogP contribution is -2.42. The topological polar surface area (TPSA) is 64.2 Å². The molecule has 166 valence electrons. The van der Waals surface area contributed by atoms with E-state index in [0.29, 0.717) is 17.2 Å². The molecule has 0 saturated heterocycles. The van der Waals surface area contributed by atoms with Gasteiger partial charge in [-0.05, 0) is 45.1 Å². The molecule has 1 N–H and O–H groups in total. The Labute approximate surface area is 191 Å². The van der Waals surface area contributed by atoms with Crippen molar-refractivity contribution in [2.75, 3.05) is 11.9 Å². The van der Waals surface area contributed by atoms with Crippen molar-refractivity contribution < 1.29 is 18.9 Å². The van der Waals surface area contributed by atoms with Crippen molar-refractivity contribution in [3.63, 3.8) is 0 Å². The number of nitrogens with zero attached hydrogens (tertiary/aromatic N) is 2. The first-order valence-electron chi connectivity index (χ1n) is 11.4. The van der Waals surface area contributed by atoms with Gasteiger partial charge in [-0.25, -0.2) is 13.9 Å². The Morgan fingerprint density at radius 2 is 1.97 bits per heavy atom. The van der Waals surface area contributed by atoms with E-state index >= 15 is 0 Å². The van der Waals surface area contributed by atoms with Crippen LogP contribution in [0.3, 0.4) is 0 Å². The minimum atomic E-state index is -0.332. The third-order valence-electron chi connectivity index (χ3n) is 6.31. The van der Waals surface area contributed by atoms with Gasteiger partial charge in [-0.2, -0.15) is 0 Å². The molecule has 7 heteroatoms. The number of amides is 1. The van der Waals surface area contributed by atoms with Gasteiger partial charge in [0.2, 0.25) is 0 Å². The molecule has 2 aromatic heterocycles. The zero-order valence-corrected chi connectivity index (χ0v) is 19.4. The van der Waals surface area contributed by atoms with Gasteiger partial charge >= 0.3 is 5.97 Å². The number of thiophene rings is 1. The van der Waals surface area contributed by atoms with E-state index in [4.69, 9.17) is 4.74 Å². The average molecular weight is 451 g/mol. The molecule has 1 aliphatic carbocycles. The van der Waals surface area contributed by atoms with E-state index in [-0.39, 0.29) is 18.4 Å². The Bertz CT molecular complexity index is 1190. The van der Waals surface area contributed by atoms with Crippen LogP contribution in [0.5, 0.6) is 0 Å². The van der Waals surface area contributed by atoms with Crippen molar-refractivity contribution in [2.24, 2.45) is 0 Å². The summed E-state index contributed by atoms with van der Waals surface area (Å²) < 4.78 is 9.66. The standard InChI is InChI=1S/C25H27N3O3S/c1-3-31-25(30)23-18-6-4-7-20(18)32-24(23)26-21(29)15-27-14-19(28-13-5-8-22(27)28)17-11-9-16(2)10-12-17/h9-12,14H,3-8,13,15H2,1-2H3/p+1. The molecule has 2 aliphatic rings. The number of rotatable bonds is 6. The van der Waals surface area contributed by atoms with E-state index in [2.05, 4.69) is 51.8 Å². The van der Waals surface area contributed by atoms with Crippen LogP contribution in [0, 0.1) is 6.92 Å². The molecule has 1 amide bonds. The summed E-state index contributed by atoms with van der Waals surface area (Å²) in [5.74, 6) is 0.729. The van der Waals surface area contributed by atoms with Crippen molar-refractivity contribution >= 4 is 28.2 Å². The molecule has 0 fully saturated rings. The largest absolute Gasteiger partial charge is 0.462 e. The number of ether oxygens (including phenoxy) is 1. The molecule has 0 radical (unpaired) electrons. The molecule has 32 heavy (non-hydrogen) atoms. The Hall–Kier alpha value is -2.93. The second kappa shape index (κ2) is 8.54. The lowest BCUT2D eigenvalue weighted by molar-refractivity contribution is -0.690. The van der Waals surface area contributed by atoms with Crippen LogP contribution in [0.15, 0.2) is 30.5 Å². The fourth-order valence-corrected chi connectivity index (χ4v) is 6.13. The average Bonchev–Trinajstić information content (AvgIpc) is 3.51. The van der Waals surface area contributed by atoms with Gasteiger partial charge in [0.25, 0.3) is 11.7 Å². The summed E-state index contributed by atoms with van der Waals surface area (Å²) in [6.45, 7) is 5.41. The van der Waals surface area contributed by atoms with Crippen molar-refractivity contribution in [3.8, 4) is 11.3 Å². The number of benzene rings is 1. The summed E-state index contributed by atoms with van der Waals surface area (Å²) >= 11 is 1.52. The van der Waals surface area contributed by atoms with Crippen molar-refractivity contribution in [1.29, 1.82) is 0 Å². The van der Waals surface area contributed by atoms with E-state index in [1.165, 1.54) is 27.6 Å². The fraction of sp³-hybridized carbons (Fsp3) is 0.400. The van der Waals surface area contributed by atoms with Crippen LogP contribution in [-0.4, -0.2) is 23.1 Å². The summed E-state index contributed by atoms with van der Waals surface area (Å²) in [7, 11) is 0. The molecule has 0 spiro atoms. The van der Waals surface area contributed by atoms with Crippen LogP contribution in [0.1, 0.15) is 52.0 Å². The maximum atomic E-state index is 13.0. The monoisotopic (exact) mass is 450 g/mol. The molecule has 1 aromatic carbocycles. The second-order valence-electron chi connectivity index (χ2n) is 8.51. The second-order valence-corrected chi connectivity index (χ2v) is 9.61.